The maximum absolute atomic E-state index is 11.2. The zero-order chi connectivity index (χ0) is 12.8. The van der Waals surface area contributed by atoms with Crippen LogP contribution >= 0.6 is 0 Å². The number of amides is 1. The number of carbonyl (C=O) groups is 1. The van der Waals surface area contributed by atoms with Gasteiger partial charge in [0.05, 0.1) is 6.61 Å². The molecule has 0 radical (unpaired) electrons. The average molecular weight is 240 g/mol. The van der Waals surface area contributed by atoms with Gasteiger partial charge in [-0.05, 0) is 18.1 Å². The molecule has 0 spiro atoms. The Labute approximate surface area is 98.7 Å². The van der Waals surface area contributed by atoms with Crippen molar-refractivity contribution < 1.29 is 20.1 Å². The normalized spacial score (nSPS) is 12.1. The fourth-order valence-corrected chi connectivity index (χ4v) is 1.31. The molecule has 6 heteroatoms. The highest BCUT2D eigenvalue weighted by atomic mass is 16.3. The molecule has 0 heterocycles. The lowest BCUT2D eigenvalue weighted by Gasteiger charge is -2.10. The van der Waals surface area contributed by atoms with Gasteiger partial charge in [0.15, 0.2) is 11.5 Å². The molecule has 1 aromatic rings. The predicted octanol–water partition coefficient (Wildman–Crippen LogP) is -0.924. The summed E-state index contributed by atoms with van der Waals surface area (Å²) < 4.78 is 0. The van der Waals surface area contributed by atoms with Crippen LogP contribution in [0.15, 0.2) is 18.2 Å². The number of aliphatic hydroxyl groups excluding tert-OH is 1. The van der Waals surface area contributed by atoms with E-state index >= 15 is 0 Å². The Balaban J connectivity index is 2.46. The summed E-state index contributed by atoms with van der Waals surface area (Å²) in [7, 11) is 0. The summed E-state index contributed by atoms with van der Waals surface area (Å²) in [5.41, 5.74) is 5.83. The van der Waals surface area contributed by atoms with E-state index in [0.717, 1.165) is 0 Å². The van der Waals surface area contributed by atoms with Crippen LogP contribution in [0.2, 0.25) is 0 Å². The third kappa shape index (κ3) is 3.61. The summed E-state index contributed by atoms with van der Waals surface area (Å²) in [5, 5.41) is 29.9. The van der Waals surface area contributed by atoms with Gasteiger partial charge in [-0.25, -0.2) is 0 Å². The molecule has 0 fully saturated rings. The van der Waals surface area contributed by atoms with Gasteiger partial charge in [0.25, 0.3) is 0 Å². The predicted molar refractivity (Wildman–Crippen MR) is 61.5 cm³/mol. The Morgan fingerprint density at radius 1 is 1.41 bits per heavy atom. The number of phenols is 2. The van der Waals surface area contributed by atoms with Crippen LogP contribution in [0, 0.1) is 0 Å². The number of aromatic hydroxyl groups is 2. The fourth-order valence-electron chi connectivity index (χ4n) is 1.31. The third-order valence-electron chi connectivity index (χ3n) is 2.33. The molecule has 0 saturated heterocycles. The molecule has 1 amide bonds. The van der Waals surface area contributed by atoms with E-state index in [2.05, 4.69) is 5.32 Å². The van der Waals surface area contributed by atoms with Gasteiger partial charge >= 0.3 is 0 Å². The molecule has 0 unspecified atom stereocenters. The average Bonchev–Trinajstić information content (AvgIpc) is 2.33. The van der Waals surface area contributed by atoms with Crippen molar-refractivity contribution >= 4 is 5.91 Å². The summed E-state index contributed by atoms with van der Waals surface area (Å²) in [6.07, 6.45) is 0.365. The Morgan fingerprint density at radius 2 is 2.12 bits per heavy atom. The van der Waals surface area contributed by atoms with E-state index in [1.54, 1.807) is 12.1 Å². The smallest absolute Gasteiger partial charge is 0.239 e. The quantitative estimate of drug-likeness (QED) is 0.427. The van der Waals surface area contributed by atoms with Gasteiger partial charge in [-0.15, -0.1) is 0 Å². The lowest BCUT2D eigenvalue weighted by molar-refractivity contribution is -0.123. The molecule has 6 N–H and O–H groups in total. The number of nitrogens with one attached hydrogen (secondary N) is 1. The minimum atomic E-state index is -0.937. The van der Waals surface area contributed by atoms with Crippen LogP contribution in [0.25, 0.3) is 0 Å². The van der Waals surface area contributed by atoms with E-state index in [1.165, 1.54) is 6.07 Å². The Bertz CT molecular complexity index is 395. The molecular weight excluding hydrogens is 224 g/mol. The van der Waals surface area contributed by atoms with Crippen LogP contribution in [-0.2, 0) is 11.2 Å². The van der Waals surface area contributed by atoms with Crippen molar-refractivity contribution in [3.8, 4) is 11.5 Å². The van der Waals surface area contributed by atoms with Crippen molar-refractivity contribution in [2.45, 2.75) is 12.5 Å². The number of aliphatic hydroxyl groups is 1. The summed E-state index contributed by atoms with van der Waals surface area (Å²) in [6, 6.07) is 3.69. The summed E-state index contributed by atoms with van der Waals surface area (Å²) in [5.74, 6) is -0.832. The maximum Gasteiger partial charge on any atom is 0.239 e. The molecule has 0 aliphatic carbocycles. The maximum atomic E-state index is 11.2. The lowest BCUT2D eigenvalue weighted by atomic mass is 10.1. The zero-order valence-corrected chi connectivity index (χ0v) is 9.26. The Morgan fingerprint density at radius 3 is 2.76 bits per heavy atom. The van der Waals surface area contributed by atoms with Crippen molar-refractivity contribution in [3.63, 3.8) is 0 Å². The van der Waals surface area contributed by atoms with Gasteiger partial charge in [0.1, 0.15) is 6.04 Å². The van der Waals surface area contributed by atoms with E-state index in [0.29, 0.717) is 12.0 Å². The van der Waals surface area contributed by atoms with E-state index < -0.39 is 18.6 Å². The van der Waals surface area contributed by atoms with Gasteiger partial charge in [-0.3, -0.25) is 4.79 Å². The molecule has 94 valence electrons. The SMILES string of the molecule is N[C@@H](CO)C(=O)NCCc1cccc(O)c1O. The number of phenolic OH excluding ortho intramolecular Hbond substituents is 2. The van der Waals surface area contributed by atoms with Crippen molar-refractivity contribution in [2.75, 3.05) is 13.2 Å². The van der Waals surface area contributed by atoms with Crippen LogP contribution in [-0.4, -0.2) is 40.4 Å². The molecule has 0 aliphatic heterocycles. The lowest BCUT2D eigenvalue weighted by Crippen LogP contribution is -2.43. The van der Waals surface area contributed by atoms with Crippen LogP contribution in [0.4, 0.5) is 0 Å². The highest BCUT2D eigenvalue weighted by Gasteiger charge is 2.11. The second kappa shape index (κ2) is 6.07. The van der Waals surface area contributed by atoms with Crippen LogP contribution < -0.4 is 11.1 Å². The number of hydrogen-bond donors (Lipinski definition) is 5. The minimum absolute atomic E-state index is 0.187. The minimum Gasteiger partial charge on any atom is -0.504 e. The van der Waals surface area contributed by atoms with Gasteiger partial charge in [-0.1, -0.05) is 12.1 Å². The number of carbonyl (C=O) groups excluding carboxylic acids is 1. The number of para-hydroxylation sites is 1. The summed E-state index contributed by atoms with van der Waals surface area (Å²) in [4.78, 5) is 11.2. The molecule has 1 atom stereocenters. The topological polar surface area (TPSA) is 116 Å². The first-order valence-electron chi connectivity index (χ1n) is 5.20. The first-order chi connectivity index (χ1) is 8.06. The van der Waals surface area contributed by atoms with Crippen LogP contribution in [0.3, 0.4) is 0 Å². The van der Waals surface area contributed by atoms with Crippen molar-refractivity contribution in [1.29, 1.82) is 0 Å². The number of nitrogens with two attached hydrogens (primary N) is 1. The van der Waals surface area contributed by atoms with Gasteiger partial charge in [0.2, 0.25) is 5.91 Å². The number of hydrogen-bond acceptors (Lipinski definition) is 5. The molecule has 0 aliphatic rings. The van der Waals surface area contributed by atoms with Crippen molar-refractivity contribution in [2.24, 2.45) is 5.73 Å². The molecule has 0 saturated carbocycles. The molecule has 1 rings (SSSR count). The van der Waals surface area contributed by atoms with Gasteiger partial charge < -0.3 is 26.4 Å². The molecule has 1 aromatic carbocycles. The largest absolute Gasteiger partial charge is 0.504 e. The van der Waals surface area contributed by atoms with Crippen LogP contribution in [0.1, 0.15) is 5.56 Å². The highest BCUT2D eigenvalue weighted by molar-refractivity contribution is 5.81. The van der Waals surface area contributed by atoms with Gasteiger partial charge in [0, 0.05) is 6.54 Å². The second-order valence-electron chi connectivity index (χ2n) is 3.61. The molecule has 0 bridgehead atoms. The summed E-state index contributed by atoms with van der Waals surface area (Å²) in [6.45, 7) is -0.146. The number of rotatable bonds is 5. The van der Waals surface area contributed by atoms with E-state index in [4.69, 9.17) is 10.8 Å². The monoisotopic (exact) mass is 240 g/mol. The zero-order valence-electron chi connectivity index (χ0n) is 9.26. The first-order valence-corrected chi connectivity index (χ1v) is 5.20. The Kier molecular flexibility index (Phi) is 4.74. The van der Waals surface area contributed by atoms with E-state index in [-0.39, 0.29) is 18.0 Å². The summed E-state index contributed by atoms with van der Waals surface area (Å²) >= 11 is 0. The molecule has 0 aromatic heterocycles. The second-order valence-corrected chi connectivity index (χ2v) is 3.61. The molecule has 17 heavy (non-hydrogen) atoms. The standard InChI is InChI=1S/C11H16N2O4/c12-8(6-14)11(17)13-5-4-7-2-1-3-9(15)10(7)16/h1-3,8,14-16H,4-6,12H2,(H,13,17)/t8-/m0/s1. The first kappa shape index (κ1) is 13.3. The van der Waals surface area contributed by atoms with Crippen molar-refractivity contribution in [3.05, 3.63) is 23.8 Å². The Hall–Kier alpha value is -1.79. The van der Waals surface area contributed by atoms with E-state index in [9.17, 15) is 15.0 Å². The fraction of sp³-hybridized carbons (Fsp3) is 0.364. The highest BCUT2D eigenvalue weighted by Crippen LogP contribution is 2.28. The van der Waals surface area contributed by atoms with Crippen LogP contribution in [0.5, 0.6) is 11.5 Å². The van der Waals surface area contributed by atoms with Gasteiger partial charge in [-0.2, -0.15) is 0 Å². The number of benzene rings is 1. The molecule has 6 nitrogen and oxygen atoms in total. The molecular formula is C11H16N2O4. The van der Waals surface area contributed by atoms with Crippen molar-refractivity contribution in [1.82, 2.24) is 5.32 Å². The van der Waals surface area contributed by atoms with E-state index in [1.807, 2.05) is 0 Å². The third-order valence-corrected chi connectivity index (χ3v) is 2.33.